The van der Waals surface area contributed by atoms with Gasteiger partial charge in [-0.3, -0.25) is 8.99 Å². The van der Waals surface area contributed by atoms with Crippen molar-refractivity contribution in [1.29, 1.82) is 0 Å². The molecule has 0 unspecified atom stereocenters. The monoisotopic (exact) mass is 550 g/mol. The molecule has 0 radical (unpaired) electrons. The summed E-state index contributed by atoms with van der Waals surface area (Å²) < 4.78 is 66.7. The minimum absolute atomic E-state index is 0.0561. The maximum atomic E-state index is 13.3. The van der Waals surface area contributed by atoms with Gasteiger partial charge in [-0.25, -0.2) is 8.42 Å². The van der Waals surface area contributed by atoms with Crippen molar-refractivity contribution in [1.82, 2.24) is 9.78 Å². The largest absolute Gasteiger partial charge is 0.408 e. The Morgan fingerprint density at radius 3 is 2.50 bits per heavy atom. The van der Waals surface area contributed by atoms with Gasteiger partial charge in [-0.15, -0.1) is 0 Å². The van der Waals surface area contributed by atoms with Gasteiger partial charge in [0, 0.05) is 18.4 Å². The lowest BCUT2D eigenvalue weighted by molar-refractivity contribution is -0.142. The van der Waals surface area contributed by atoms with Crippen LogP contribution in [0.1, 0.15) is 12.6 Å². The van der Waals surface area contributed by atoms with Gasteiger partial charge in [-0.05, 0) is 53.2 Å². The Morgan fingerprint density at radius 2 is 1.88 bits per heavy atom. The number of aromatic nitrogens is 2. The lowest BCUT2D eigenvalue weighted by Gasteiger charge is -2.23. The van der Waals surface area contributed by atoms with Crippen molar-refractivity contribution in [2.24, 2.45) is 0 Å². The van der Waals surface area contributed by atoms with E-state index in [0.717, 1.165) is 4.68 Å². The Balaban J connectivity index is 1.83. The molecule has 0 aliphatic heterocycles. The smallest absolute Gasteiger partial charge is 0.379 e. The van der Waals surface area contributed by atoms with E-state index in [1.54, 1.807) is 43.3 Å². The predicted molar refractivity (Wildman–Crippen MR) is 121 cm³/mol. The third-order valence-electron chi connectivity index (χ3n) is 4.42. The maximum absolute atomic E-state index is 13.3. The summed E-state index contributed by atoms with van der Waals surface area (Å²) in [5.41, 5.74) is 1.27. The summed E-state index contributed by atoms with van der Waals surface area (Å²) in [5, 5.41) is 6.96. The number of rotatable bonds is 8. The molecule has 6 nitrogen and oxygen atoms in total. The first kappa shape index (κ1) is 24.4. The van der Waals surface area contributed by atoms with Gasteiger partial charge in [-0.1, -0.05) is 29.8 Å². The minimum Gasteiger partial charge on any atom is -0.379 e. The van der Waals surface area contributed by atoms with E-state index < -0.39 is 22.7 Å². The molecule has 0 saturated carbocycles. The van der Waals surface area contributed by atoms with Crippen LogP contribution in [-0.4, -0.2) is 30.9 Å². The van der Waals surface area contributed by atoms with Crippen LogP contribution in [0.5, 0.6) is 0 Å². The molecule has 1 N–H and O–H groups in total. The Morgan fingerprint density at radius 1 is 1.19 bits per heavy atom. The standard InChI is InChI=1S/C20H19BrClF3N4O2S/c1-2-29(15-6-4-3-5-7-15)32(30,31)19-10-14(8-9-17(19)22)26-11-18-16(21)12-28(27-18)13-20(23,24)25/h3-10,12,26H,2,11,13H2,1H3. The van der Waals surface area contributed by atoms with Crippen molar-refractivity contribution in [2.45, 2.75) is 31.1 Å². The first-order valence-electron chi connectivity index (χ1n) is 9.41. The summed E-state index contributed by atoms with van der Waals surface area (Å²) in [5.74, 6) is 0. The summed E-state index contributed by atoms with van der Waals surface area (Å²) in [6.45, 7) is 0.781. The molecule has 3 aromatic rings. The van der Waals surface area contributed by atoms with Gasteiger partial charge in [-0.2, -0.15) is 18.3 Å². The molecule has 0 amide bonds. The molecule has 2 aromatic carbocycles. The number of sulfonamides is 1. The molecule has 0 bridgehead atoms. The zero-order chi connectivity index (χ0) is 23.5. The fourth-order valence-corrected chi connectivity index (χ4v) is 5.46. The van der Waals surface area contributed by atoms with Crippen LogP contribution in [0.2, 0.25) is 5.02 Å². The topological polar surface area (TPSA) is 67.2 Å². The summed E-state index contributed by atoms with van der Waals surface area (Å²) in [7, 11) is -3.96. The Hall–Kier alpha value is -2.24. The zero-order valence-corrected chi connectivity index (χ0v) is 19.9. The summed E-state index contributed by atoms with van der Waals surface area (Å²) in [6, 6.07) is 13.1. The van der Waals surface area contributed by atoms with E-state index in [2.05, 4.69) is 26.3 Å². The molecule has 0 atom stereocenters. The van der Waals surface area contributed by atoms with Crippen LogP contribution >= 0.6 is 27.5 Å². The highest BCUT2D eigenvalue weighted by molar-refractivity contribution is 9.10. The summed E-state index contributed by atoms with van der Waals surface area (Å²) in [4.78, 5) is -0.0865. The van der Waals surface area contributed by atoms with Crippen LogP contribution in [0.4, 0.5) is 24.5 Å². The highest BCUT2D eigenvalue weighted by Gasteiger charge is 2.29. The number of hydrogen-bond donors (Lipinski definition) is 1. The molecular weight excluding hydrogens is 533 g/mol. The Labute approximate surface area is 197 Å². The molecule has 1 heterocycles. The predicted octanol–water partition coefficient (Wildman–Crippen LogP) is 5.69. The average Bonchev–Trinajstić information content (AvgIpc) is 3.05. The second-order valence-electron chi connectivity index (χ2n) is 6.74. The molecule has 172 valence electrons. The number of hydrogen-bond acceptors (Lipinski definition) is 4. The SMILES string of the molecule is CCN(c1ccccc1)S(=O)(=O)c1cc(NCc2nn(CC(F)(F)F)cc2Br)ccc1Cl. The van der Waals surface area contributed by atoms with E-state index >= 15 is 0 Å². The van der Waals surface area contributed by atoms with Gasteiger partial charge in [0.2, 0.25) is 0 Å². The number of nitrogens with zero attached hydrogens (tertiary/aromatic N) is 3. The van der Waals surface area contributed by atoms with Gasteiger partial charge < -0.3 is 5.32 Å². The van der Waals surface area contributed by atoms with Gasteiger partial charge >= 0.3 is 6.18 Å². The molecule has 0 spiro atoms. The van der Waals surface area contributed by atoms with Crippen LogP contribution in [0, 0.1) is 0 Å². The van der Waals surface area contributed by atoms with Crippen molar-refractivity contribution < 1.29 is 21.6 Å². The first-order valence-corrected chi connectivity index (χ1v) is 12.0. The highest BCUT2D eigenvalue weighted by atomic mass is 79.9. The lowest BCUT2D eigenvalue weighted by atomic mass is 10.3. The van der Waals surface area contributed by atoms with E-state index in [1.165, 1.54) is 22.6 Å². The molecule has 1 aromatic heterocycles. The van der Waals surface area contributed by atoms with Gasteiger partial charge in [0.05, 0.1) is 27.4 Å². The van der Waals surface area contributed by atoms with Crippen LogP contribution < -0.4 is 9.62 Å². The van der Waals surface area contributed by atoms with E-state index in [-0.39, 0.29) is 23.0 Å². The normalized spacial score (nSPS) is 12.1. The number of nitrogens with one attached hydrogen (secondary N) is 1. The summed E-state index contributed by atoms with van der Waals surface area (Å²) >= 11 is 9.41. The quantitative estimate of drug-likeness (QED) is 0.391. The molecule has 0 fully saturated rings. The van der Waals surface area contributed by atoms with Gasteiger partial charge in [0.15, 0.2) is 0 Å². The van der Waals surface area contributed by atoms with E-state index in [9.17, 15) is 21.6 Å². The third-order valence-corrected chi connectivity index (χ3v) is 7.47. The van der Waals surface area contributed by atoms with Crippen LogP contribution in [0.3, 0.4) is 0 Å². The van der Waals surface area contributed by atoms with Crippen molar-refractivity contribution in [3.63, 3.8) is 0 Å². The molecule has 0 saturated heterocycles. The van der Waals surface area contributed by atoms with Crippen LogP contribution in [0.15, 0.2) is 64.1 Å². The molecule has 12 heteroatoms. The molecule has 3 rings (SSSR count). The maximum Gasteiger partial charge on any atom is 0.408 e. The number of alkyl halides is 3. The van der Waals surface area contributed by atoms with Crippen molar-refractivity contribution in [3.8, 4) is 0 Å². The highest BCUT2D eigenvalue weighted by Crippen LogP contribution is 2.31. The van der Waals surface area contributed by atoms with Gasteiger partial charge in [0.25, 0.3) is 10.0 Å². The van der Waals surface area contributed by atoms with E-state index in [4.69, 9.17) is 11.6 Å². The second kappa shape index (κ2) is 9.72. The Bertz CT molecular complexity index is 1190. The fraction of sp³-hybridized carbons (Fsp3) is 0.250. The number of anilines is 2. The van der Waals surface area contributed by atoms with Crippen molar-refractivity contribution in [2.75, 3.05) is 16.2 Å². The third kappa shape index (κ3) is 5.76. The molecule has 0 aliphatic carbocycles. The van der Waals surface area contributed by atoms with E-state index in [1.807, 2.05) is 0 Å². The van der Waals surface area contributed by atoms with Crippen molar-refractivity contribution >= 4 is 48.9 Å². The first-order chi connectivity index (χ1) is 15.0. The second-order valence-corrected chi connectivity index (χ2v) is 9.83. The van der Waals surface area contributed by atoms with Crippen LogP contribution in [0.25, 0.3) is 0 Å². The number of benzene rings is 2. The Kier molecular flexibility index (Phi) is 7.41. The molecule has 32 heavy (non-hydrogen) atoms. The summed E-state index contributed by atoms with van der Waals surface area (Å²) in [6.07, 6.45) is -3.15. The van der Waals surface area contributed by atoms with Crippen LogP contribution in [-0.2, 0) is 23.1 Å². The van der Waals surface area contributed by atoms with Gasteiger partial charge in [0.1, 0.15) is 11.4 Å². The lowest BCUT2D eigenvalue weighted by Crippen LogP contribution is -2.31. The molecular formula is C20H19BrClF3N4O2S. The van der Waals surface area contributed by atoms with E-state index in [0.29, 0.717) is 21.5 Å². The fourth-order valence-electron chi connectivity index (χ4n) is 3.02. The zero-order valence-electron chi connectivity index (χ0n) is 16.8. The van der Waals surface area contributed by atoms with Crippen molar-refractivity contribution in [3.05, 3.63) is 69.9 Å². The number of halogens is 5. The minimum atomic E-state index is -4.39. The average molecular weight is 552 g/mol. The number of para-hydroxylation sites is 1. The molecule has 0 aliphatic rings.